The number of aliphatic carboxylic acids is 1. The Morgan fingerprint density at radius 2 is 1.76 bits per heavy atom. The number of rotatable bonds is 8. The van der Waals surface area contributed by atoms with Gasteiger partial charge in [-0.2, -0.15) is 0 Å². The molecular weight excluding hydrogens is 414 g/mol. The van der Waals surface area contributed by atoms with Crippen molar-refractivity contribution in [1.29, 1.82) is 0 Å². The van der Waals surface area contributed by atoms with Crippen molar-refractivity contribution in [3.05, 3.63) is 64.9 Å². The van der Waals surface area contributed by atoms with Crippen molar-refractivity contribution >= 4 is 18.0 Å². The molecule has 1 amide bonds. The maximum Gasteiger partial charge on any atom is 0.352 e. The number of hydrogen-bond acceptors (Lipinski definition) is 3. The van der Waals surface area contributed by atoms with Crippen molar-refractivity contribution in [2.24, 2.45) is 5.92 Å². The van der Waals surface area contributed by atoms with Gasteiger partial charge in [-0.1, -0.05) is 76.3 Å². The summed E-state index contributed by atoms with van der Waals surface area (Å²) in [5, 5.41) is 12.1. The second kappa shape index (κ2) is 10.7. The lowest BCUT2D eigenvalue weighted by atomic mass is 9.85. The summed E-state index contributed by atoms with van der Waals surface area (Å²) in [6.45, 7) is 8.52. The molecule has 0 heterocycles. The average Bonchev–Trinajstić information content (AvgIpc) is 3.27. The molecule has 0 atom stereocenters. The topological polar surface area (TPSA) is 75.6 Å². The zero-order chi connectivity index (χ0) is 24.0. The molecule has 0 unspecified atom stereocenters. The third-order valence-electron chi connectivity index (χ3n) is 6.12. The number of amides is 1. The largest absolute Gasteiger partial charge is 0.477 e. The zero-order valence-electron chi connectivity index (χ0n) is 20.1. The van der Waals surface area contributed by atoms with Gasteiger partial charge in [0.2, 0.25) is 5.91 Å². The number of carbonyl (C=O) groups excluding carboxylic acids is 1. The summed E-state index contributed by atoms with van der Waals surface area (Å²) in [7, 11) is 0. The fourth-order valence-electron chi connectivity index (χ4n) is 4.24. The van der Waals surface area contributed by atoms with E-state index in [9.17, 15) is 14.7 Å². The summed E-state index contributed by atoms with van der Waals surface area (Å²) in [4.78, 5) is 23.9. The molecule has 1 fully saturated rings. The minimum Gasteiger partial charge on any atom is -0.477 e. The molecule has 2 aromatic carbocycles. The fourth-order valence-corrected chi connectivity index (χ4v) is 4.24. The van der Waals surface area contributed by atoms with Gasteiger partial charge in [0, 0.05) is 12.0 Å². The Morgan fingerprint density at radius 1 is 1.09 bits per heavy atom. The Labute approximate surface area is 196 Å². The van der Waals surface area contributed by atoms with Crippen LogP contribution in [-0.2, 0) is 15.0 Å². The normalized spacial score (nSPS) is 14.8. The number of ether oxygens (including phenoxy) is 1. The first kappa shape index (κ1) is 24.6. The van der Waals surface area contributed by atoms with Crippen molar-refractivity contribution in [2.75, 3.05) is 0 Å². The van der Waals surface area contributed by atoms with Gasteiger partial charge >= 0.3 is 5.97 Å². The molecule has 2 aromatic rings. The van der Waals surface area contributed by atoms with Gasteiger partial charge in [0.1, 0.15) is 17.2 Å². The van der Waals surface area contributed by atoms with Crippen LogP contribution in [-0.4, -0.2) is 17.0 Å². The predicted molar refractivity (Wildman–Crippen MR) is 131 cm³/mol. The smallest absolute Gasteiger partial charge is 0.352 e. The first-order valence-corrected chi connectivity index (χ1v) is 11.8. The Morgan fingerprint density at radius 3 is 2.36 bits per heavy atom. The third kappa shape index (κ3) is 7.21. The quantitative estimate of drug-likeness (QED) is 0.445. The lowest BCUT2D eigenvalue weighted by Gasteiger charge is -2.23. The summed E-state index contributed by atoms with van der Waals surface area (Å²) < 4.78 is 6.14. The molecule has 1 aliphatic carbocycles. The standard InChI is InChI=1S/C28H35NO4/c1-19-9-15-25(23(17-19)28(2,3)4)33-22-13-10-21(11-14-22)18-24(27(31)32)29-26(30)16-12-20-7-5-6-8-20/h9-11,13-15,17-18,20H,5-8,12,16H2,1-4H3,(H,29,30)(H,31,32)/b24-18+. The van der Waals surface area contributed by atoms with E-state index < -0.39 is 5.97 Å². The zero-order valence-corrected chi connectivity index (χ0v) is 20.1. The molecule has 176 valence electrons. The van der Waals surface area contributed by atoms with Gasteiger partial charge in [0.25, 0.3) is 0 Å². The monoisotopic (exact) mass is 449 g/mol. The van der Waals surface area contributed by atoms with Crippen LogP contribution in [0.5, 0.6) is 11.5 Å². The highest BCUT2D eigenvalue weighted by Crippen LogP contribution is 2.35. The van der Waals surface area contributed by atoms with E-state index in [0.29, 0.717) is 23.7 Å². The van der Waals surface area contributed by atoms with Crippen LogP contribution < -0.4 is 10.1 Å². The highest BCUT2D eigenvalue weighted by atomic mass is 16.5. The Balaban J connectivity index is 1.67. The van der Waals surface area contributed by atoms with Crippen molar-refractivity contribution < 1.29 is 19.4 Å². The molecule has 0 aliphatic heterocycles. The molecule has 2 N–H and O–H groups in total. The Hall–Kier alpha value is -3.08. The van der Waals surface area contributed by atoms with Crippen LogP contribution in [0, 0.1) is 12.8 Å². The van der Waals surface area contributed by atoms with Gasteiger partial charge in [-0.3, -0.25) is 4.79 Å². The fraction of sp³-hybridized carbons (Fsp3) is 0.429. The number of carbonyl (C=O) groups is 2. The van der Waals surface area contributed by atoms with E-state index in [4.69, 9.17) is 4.74 Å². The number of aryl methyl sites for hydroxylation is 1. The molecule has 0 spiro atoms. The lowest BCUT2D eigenvalue weighted by molar-refractivity contribution is -0.134. The molecular formula is C28H35NO4. The van der Waals surface area contributed by atoms with E-state index in [0.717, 1.165) is 17.7 Å². The van der Waals surface area contributed by atoms with Crippen LogP contribution in [0.15, 0.2) is 48.2 Å². The predicted octanol–water partition coefficient (Wildman–Crippen LogP) is 6.60. The highest BCUT2D eigenvalue weighted by molar-refractivity contribution is 5.96. The first-order chi connectivity index (χ1) is 15.6. The van der Waals surface area contributed by atoms with E-state index in [1.807, 2.05) is 12.1 Å². The van der Waals surface area contributed by atoms with Crippen LogP contribution in [0.2, 0.25) is 0 Å². The van der Waals surface area contributed by atoms with Crippen molar-refractivity contribution in [3.63, 3.8) is 0 Å². The molecule has 1 saturated carbocycles. The molecule has 1 aliphatic rings. The van der Waals surface area contributed by atoms with Crippen molar-refractivity contribution in [2.45, 2.75) is 71.6 Å². The number of hydrogen-bond donors (Lipinski definition) is 2. The number of carboxylic acids is 1. The first-order valence-electron chi connectivity index (χ1n) is 11.8. The Bertz CT molecular complexity index is 1010. The van der Waals surface area contributed by atoms with Crippen molar-refractivity contribution in [1.82, 2.24) is 5.32 Å². The highest BCUT2D eigenvalue weighted by Gasteiger charge is 2.20. The van der Waals surface area contributed by atoms with Crippen LogP contribution in [0.1, 0.15) is 76.0 Å². The molecule has 33 heavy (non-hydrogen) atoms. The minimum absolute atomic E-state index is 0.0591. The molecule has 0 saturated heterocycles. The van der Waals surface area contributed by atoms with E-state index in [1.165, 1.54) is 37.3 Å². The van der Waals surface area contributed by atoms with Gasteiger partial charge in [0.15, 0.2) is 0 Å². The van der Waals surface area contributed by atoms with Gasteiger partial charge in [-0.25, -0.2) is 4.79 Å². The maximum absolute atomic E-state index is 12.3. The number of carboxylic acid groups (broad SMARTS) is 1. The maximum atomic E-state index is 12.3. The van der Waals surface area contributed by atoms with E-state index in [1.54, 1.807) is 24.3 Å². The number of benzene rings is 2. The van der Waals surface area contributed by atoms with Crippen LogP contribution in [0.25, 0.3) is 6.08 Å². The van der Waals surface area contributed by atoms with E-state index in [-0.39, 0.29) is 17.0 Å². The van der Waals surface area contributed by atoms with Gasteiger partial charge in [-0.15, -0.1) is 0 Å². The van der Waals surface area contributed by atoms with E-state index >= 15 is 0 Å². The molecule has 3 rings (SSSR count). The second-order valence-corrected chi connectivity index (χ2v) is 10.0. The van der Waals surface area contributed by atoms with Gasteiger partial charge < -0.3 is 15.2 Å². The summed E-state index contributed by atoms with van der Waals surface area (Å²) in [5.41, 5.74) is 2.81. The van der Waals surface area contributed by atoms with Crippen LogP contribution in [0.3, 0.4) is 0 Å². The lowest BCUT2D eigenvalue weighted by Crippen LogP contribution is -2.27. The Kier molecular flexibility index (Phi) is 7.96. The van der Waals surface area contributed by atoms with Crippen molar-refractivity contribution in [3.8, 4) is 11.5 Å². The molecule has 5 heteroatoms. The molecule has 0 aromatic heterocycles. The van der Waals surface area contributed by atoms with Gasteiger partial charge in [-0.05, 0) is 54.5 Å². The van der Waals surface area contributed by atoms with Crippen LogP contribution >= 0.6 is 0 Å². The summed E-state index contributed by atoms with van der Waals surface area (Å²) >= 11 is 0. The van der Waals surface area contributed by atoms with Crippen LogP contribution in [0.4, 0.5) is 0 Å². The summed E-state index contributed by atoms with van der Waals surface area (Å²) in [5.74, 6) is 0.660. The number of nitrogens with one attached hydrogen (secondary N) is 1. The minimum atomic E-state index is -1.15. The van der Waals surface area contributed by atoms with Gasteiger partial charge in [0.05, 0.1) is 0 Å². The SMILES string of the molecule is Cc1ccc(Oc2ccc(/C=C(/NC(=O)CCC3CCCC3)C(=O)O)cc2)c(C(C)(C)C)c1. The average molecular weight is 450 g/mol. The molecule has 0 radical (unpaired) electrons. The molecule has 5 nitrogen and oxygen atoms in total. The molecule has 0 bridgehead atoms. The second-order valence-electron chi connectivity index (χ2n) is 10.0. The summed E-state index contributed by atoms with van der Waals surface area (Å²) in [6.07, 6.45) is 7.45. The van der Waals surface area contributed by atoms with E-state index in [2.05, 4.69) is 39.1 Å². The summed E-state index contributed by atoms with van der Waals surface area (Å²) in [6, 6.07) is 13.3. The third-order valence-corrected chi connectivity index (χ3v) is 6.12.